The van der Waals surface area contributed by atoms with Crippen molar-refractivity contribution in [3.8, 4) is 5.75 Å². The van der Waals surface area contributed by atoms with Gasteiger partial charge in [0.05, 0.1) is 24.9 Å². The predicted molar refractivity (Wildman–Crippen MR) is 158 cm³/mol. The van der Waals surface area contributed by atoms with E-state index >= 15 is 0 Å². The van der Waals surface area contributed by atoms with Crippen molar-refractivity contribution in [1.29, 1.82) is 0 Å². The summed E-state index contributed by atoms with van der Waals surface area (Å²) in [5.74, 6) is -0.507. The van der Waals surface area contributed by atoms with Gasteiger partial charge in [-0.2, -0.15) is 0 Å². The van der Waals surface area contributed by atoms with E-state index in [1.165, 1.54) is 6.42 Å². The zero-order chi connectivity index (χ0) is 29.3. The fraction of sp³-hybridized carbons (Fsp3) is 0.452. The maximum Gasteiger partial charge on any atom is 0.255 e. The minimum absolute atomic E-state index is 0.171. The van der Waals surface area contributed by atoms with Crippen molar-refractivity contribution < 1.29 is 19.1 Å². The van der Waals surface area contributed by atoms with E-state index in [0.717, 1.165) is 31.2 Å². The lowest BCUT2D eigenvalue weighted by atomic mass is 9.84. The molecule has 222 valence electrons. The van der Waals surface area contributed by atoms with Gasteiger partial charge in [0.25, 0.3) is 5.91 Å². The number of nitrogens with one attached hydrogen (secondary N) is 3. The van der Waals surface area contributed by atoms with Gasteiger partial charge in [-0.1, -0.05) is 79.3 Å². The quantitative estimate of drug-likeness (QED) is 0.423. The molecule has 2 atom stereocenters. The van der Waals surface area contributed by atoms with Crippen LogP contribution in [0, 0.1) is 5.92 Å². The number of ether oxygens (including phenoxy) is 1. The molecule has 1 aliphatic carbocycles. The van der Waals surface area contributed by atoms with Crippen molar-refractivity contribution in [3.63, 3.8) is 0 Å². The minimum Gasteiger partial charge on any atom is -0.493 e. The van der Waals surface area contributed by atoms with Crippen molar-refractivity contribution in [3.05, 3.63) is 76.6 Å². The molecule has 0 radical (unpaired) electrons. The Morgan fingerprint density at radius 2 is 1.74 bits per heavy atom. The Balaban J connectivity index is 1.44. The number of fused-ring (bicyclic) bond motifs is 3. The molecule has 1 fully saturated rings. The number of amides is 3. The number of rotatable bonds is 4. The Hall–Kier alpha value is -3.92. The second-order valence-corrected chi connectivity index (χ2v) is 11.5. The van der Waals surface area contributed by atoms with Crippen LogP contribution in [-0.4, -0.2) is 51.4 Å². The number of hydrogen-bond donors (Lipinski definition) is 3. The summed E-state index contributed by atoms with van der Waals surface area (Å²) in [6, 6.07) is 12.7. The van der Waals surface area contributed by atoms with Crippen LogP contribution in [0.2, 0.25) is 5.02 Å². The zero-order valence-corrected chi connectivity index (χ0v) is 24.3. The number of halogens is 1. The summed E-state index contributed by atoms with van der Waals surface area (Å²) in [4.78, 5) is 40.9. The van der Waals surface area contributed by atoms with Gasteiger partial charge in [-0.05, 0) is 36.1 Å². The summed E-state index contributed by atoms with van der Waals surface area (Å²) in [7, 11) is 0. The number of aryl methyl sites for hydroxylation is 1. The lowest BCUT2D eigenvalue weighted by Crippen LogP contribution is -2.54. The summed E-state index contributed by atoms with van der Waals surface area (Å²) >= 11 is 6.24. The monoisotopic (exact) mass is 592 g/mol. The lowest BCUT2D eigenvalue weighted by molar-refractivity contribution is -0.130. The standard InChI is InChI=1S/C31H37ClN6O4/c32-23-12-13-25-28(18-23)42-15-7-14-38-20-24(36-37-38)19-33-30(40)26(16-21-8-3-1-4-9-21)35-31(41)27(34-29(25)39)17-22-10-5-2-6-11-22/h1,3-4,8-9,12-13,18,20,22,26-27H,2,5-7,10-11,14-17,19H2,(H,33,40)(H,34,39)(H,35,41)/t26-,27-/m0/s1. The van der Waals surface area contributed by atoms with Crippen LogP contribution in [0.25, 0.3) is 0 Å². The minimum atomic E-state index is -0.853. The van der Waals surface area contributed by atoms with Crippen molar-refractivity contribution in [1.82, 2.24) is 30.9 Å². The largest absolute Gasteiger partial charge is 0.493 e. The van der Waals surface area contributed by atoms with Crippen molar-refractivity contribution in [2.75, 3.05) is 6.61 Å². The smallest absolute Gasteiger partial charge is 0.255 e. The second-order valence-electron chi connectivity index (χ2n) is 11.0. The molecule has 42 heavy (non-hydrogen) atoms. The molecule has 1 aliphatic heterocycles. The fourth-order valence-corrected chi connectivity index (χ4v) is 5.76. The normalized spacial score (nSPS) is 21.1. The van der Waals surface area contributed by atoms with Gasteiger partial charge in [0.1, 0.15) is 23.5 Å². The third kappa shape index (κ3) is 8.09. The van der Waals surface area contributed by atoms with Gasteiger partial charge in [-0.3, -0.25) is 19.1 Å². The summed E-state index contributed by atoms with van der Waals surface area (Å²) < 4.78 is 7.66. The van der Waals surface area contributed by atoms with E-state index in [-0.39, 0.29) is 12.5 Å². The van der Waals surface area contributed by atoms with E-state index < -0.39 is 23.9 Å². The Labute approximate surface area is 250 Å². The van der Waals surface area contributed by atoms with Crippen molar-refractivity contribution >= 4 is 29.3 Å². The highest BCUT2D eigenvalue weighted by Gasteiger charge is 2.31. The van der Waals surface area contributed by atoms with Crippen LogP contribution in [0.15, 0.2) is 54.7 Å². The average molecular weight is 593 g/mol. The van der Waals surface area contributed by atoms with E-state index in [1.54, 1.807) is 29.1 Å². The van der Waals surface area contributed by atoms with Gasteiger partial charge in [-0.25, -0.2) is 0 Å². The first-order valence-electron chi connectivity index (χ1n) is 14.7. The molecule has 2 aromatic carbocycles. The molecule has 3 amide bonds. The third-order valence-electron chi connectivity index (χ3n) is 7.84. The van der Waals surface area contributed by atoms with E-state index in [9.17, 15) is 14.4 Å². The lowest BCUT2D eigenvalue weighted by Gasteiger charge is -2.28. The highest BCUT2D eigenvalue weighted by molar-refractivity contribution is 6.30. The van der Waals surface area contributed by atoms with Crippen LogP contribution in [0.4, 0.5) is 0 Å². The van der Waals surface area contributed by atoms with E-state index in [0.29, 0.717) is 60.4 Å². The molecule has 11 heteroatoms. The number of aromatic nitrogens is 3. The maximum absolute atomic E-state index is 13.9. The van der Waals surface area contributed by atoms with Crippen LogP contribution < -0.4 is 20.7 Å². The first kappa shape index (κ1) is 29.6. The summed E-state index contributed by atoms with van der Waals surface area (Å²) in [5.41, 5.74) is 1.81. The molecular weight excluding hydrogens is 556 g/mol. The Bertz CT molecular complexity index is 1370. The van der Waals surface area contributed by atoms with Gasteiger partial charge in [0, 0.05) is 24.4 Å². The van der Waals surface area contributed by atoms with Gasteiger partial charge in [0.2, 0.25) is 11.8 Å². The van der Waals surface area contributed by atoms with Crippen LogP contribution >= 0.6 is 11.6 Å². The fourth-order valence-electron chi connectivity index (χ4n) is 5.60. The van der Waals surface area contributed by atoms with Gasteiger partial charge in [0.15, 0.2) is 0 Å². The number of hydrogen-bond acceptors (Lipinski definition) is 6. The first-order valence-corrected chi connectivity index (χ1v) is 15.1. The molecule has 0 saturated heterocycles. The van der Waals surface area contributed by atoms with Crippen LogP contribution in [0.5, 0.6) is 5.75 Å². The Morgan fingerprint density at radius 3 is 2.55 bits per heavy atom. The molecule has 1 aromatic heterocycles. The van der Waals surface area contributed by atoms with Crippen LogP contribution in [-0.2, 0) is 29.1 Å². The Kier molecular flexibility index (Phi) is 10.1. The molecule has 2 heterocycles. The number of nitrogens with zero attached hydrogens (tertiary/aromatic N) is 3. The third-order valence-corrected chi connectivity index (χ3v) is 8.07. The van der Waals surface area contributed by atoms with Crippen molar-refractivity contribution in [2.45, 2.75) is 76.5 Å². The molecule has 2 aliphatic rings. The molecular formula is C31H37ClN6O4. The van der Waals surface area contributed by atoms with E-state index in [2.05, 4.69) is 26.3 Å². The highest BCUT2D eigenvalue weighted by atomic mass is 35.5. The van der Waals surface area contributed by atoms with Gasteiger partial charge < -0.3 is 20.7 Å². The van der Waals surface area contributed by atoms with E-state index in [4.69, 9.17) is 16.3 Å². The SMILES string of the molecule is O=C1N[C@@H](CC2CCCCC2)C(=O)N[C@@H](Cc2ccccc2)C(=O)NCc2cn(nn2)CCCOc2cc(Cl)ccc21. The molecule has 0 unspecified atom stereocenters. The molecule has 0 spiro atoms. The predicted octanol–water partition coefficient (Wildman–Crippen LogP) is 3.83. The molecule has 10 nitrogen and oxygen atoms in total. The summed E-state index contributed by atoms with van der Waals surface area (Å²) in [5, 5.41) is 17.6. The summed E-state index contributed by atoms with van der Waals surface area (Å²) in [6.45, 7) is 1.03. The molecule has 3 aromatic rings. The van der Waals surface area contributed by atoms with Gasteiger partial charge >= 0.3 is 0 Å². The number of carbonyl (C=O) groups is 3. The number of benzene rings is 2. The van der Waals surface area contributed by atoms with Crippen LogP contribution in [0.1, 0.15) is 66.6 Å². The summed E-state index contributed by atoms with van der Waals surface area (Å²) in [6.07, 6.45) is 8.55. The van der Waals surface area contributed by atoms with Crippen molar-refractivity contribution in [2.24, 2.45) is 5.92 Å². The zero-order valence-electron chi connectivity index (χ0n) is 23.6. The topological polar surface area (TPSA) is 127 Å². The highest BCUT2D eigenvalue weighted by Crippen LogP contribution is 2.28. The van der Waals surface area contributed by atoms with Gasteiger partial charge in [-0.15, -0.1) is 5.10 Å². The van der Waals surface area contributed by atoms with Crippen LogP contribution in [0.3, 0.4) is 0 Å². The van der Waals surface area contributed by atoms with E-state index in [1.807, 2.05) is 30.3 Å². The Morgan fingerprint density at radius 1 is 0.929 bits per heavy atom. The molecule has 2 bridgehead atoms. The molecule has 1 saturated carbocycles. The average Bonchev–Trinajstić information content (AvgIpc) is 3.45. The second kappa shape index (κ2) is 14.3. The number of carbonyl (C=O) groups excluding carboxylic acids is 3. The maximum atomic E-state index is 13.9. The molecule has 5 rings (SSSR count). The first-order chi connectivity index (χ1) is 20.4. The molecule has 3 N–H and O–H groups in total.